The van der Waals surface area contributed by atoms with E-state index >= 15 is 0 Å². The van der Waals surface area contributed by atoms with Gasteiger partial charge in [0.15, 0.2) is 0 Å². The third-order valence-corrected chi connectivity index (χ3v) is 7.81. The molecule has 3 rings (SSSR count). The number of thioether (sulfide) groups is 1. The van der Waals surface area contributed by atoms with Gasteiger partial charge in [-0.3, -0.25) is 9.63 Å². The maximum atomic E-state index is 12.8. The number of hydrogen-bond acceptors (Lipinski definition) is 5. The standard InChI is InChI=1S/C20H24N2O4S2/c1-22(26-2)28(24,25)17-11-7-8-15(14-17)20(23)21-18-12-5-6-13-19(18)27-16-9-3-4-10-16/h5-8,11-14,16H,3-4,9-10H2,1-2H3,(H,21,23). The van der Waals surface area contributed by atoms with Crippen LogP contribution < -0.4 is 5.32 Å². The highest BCUT2D eigenvalue weighted by atomic mass is 32.2. The van der Waals surface area contributed by atoms with Gasteiger partial charge in [-0.15, -0.1) is 11.8 Å². The summed E-state index contributed by atoms with van der Waals surface area (Å²) < 4.78 is 25.6. The molecule has 0 aromatic heterocycles. The Morgan fingerprint density at radius 3 is 2.57 bits per heavy atom. The van der Waals surface area contributed by atoms with Crippen molar-refractivity contribution >= 4 is 33.4 Å². The average molecular weight is 421 g/mol. The zero-order valence-electron chi connectivity index (χ0n) is 15.9. The normalized spacial score (nSPS) is 15.1. The summed E-state index contributed by atoms with van der Waals surface area (Å²) in [6.45, 7) is 0. The second-order valence-corrected chi connectivity index (χ2v) is 9.88. The largest absolute Gasteiger partial charge is 0.321 e. The maximum Gasteiger partial charge on any atom is 0.264 e. The molecule has 1 amide bonds. The molecule has 1 saturated carbocycles. The van der Waals surface area contributed by atoms with Crippen LogP contribution in [0.4, 0.5) is 5.69 Å². The van der Waals surface area contributed by atoms with E-state index in [-0.39, 0.29) is 16.4 Å². The highest BCUT2D eigenvalue weighted by Crippen LogP contribution is 2.38. The van der Waals surface area contributed by atoms with Gasteiger partial charge in [0.1, 0.15) is 0 Å². The zero-order valence-corrected chi connectivity index (χ0v) is 17.6. The lowest BCUT2D eigenvalue weighted by Crippen LogP contribution is -2.26. The second-order valence-electron chi connectivity index (χ2n) is 6.60. The first-order valence-corrected chi connectivity index (χ1v) is 11.4. The van der Waals surface area contributed by atoms with Gasteiger partial charge in [-0.2, -0.15) is 0 Å². The van der Waals surface area contributed by atoms with Crippen molar-refractivity contribution in [3.05, 3.63) is 54.1 Å². The Hall–Kier alpha value is -1.87. The molecule has 0 aliphatic heterocycles. The first kappa shape index (κ1) is 20.9. The molecule has 0 spiro atoms. The Balaban J connectivity index is 1.80. The molecule has 1 aliphatic carbocycles. The summed E-state index contributed by atoms with van der Waals surface area (Å²) in [4.78, 5) is 18.6. The SMILES string of the molecule is CON(C)S(=O)(=O)c1cccc(C(=O)Nc2ccccc2SC2CCCC2)c1. The van der Waals surface area contributed by atoms with Crippen LogP contribution in [0.1, 0.15) is 36.0 Å². The molecule has 1 fully saturated rings. The van der Waals surface area contributed by atoms with Crippen LogP contribution in [-0.4, -0.2) is 38.2 Å². The molecule has 0 radical (unpaired) electrons. The Bertz CT molecular complexity index is 941. The van der Waals surface area contributed by atoms with Crippen molar-refractivity contribution in [3.63, 3.8) is 0 Å². The topological polar surface area (TPSA) is 75.7 Å². The highest BCUT2D eigenvalue weighted by Gasteiger charge is 2.22. The molecule has 0 bridgehead atoms. The van der Waals surface area contributed by atoms with E-state index in [1.54, 1.807) is 23.9 Å². The number of nitrogens with zero attached hydrogens (tertiary/aromatic N) is 1. The van der Waals surface area contributed by atoms with Crippen LogP contribution in [0.5, 0.6) is 0 Å². The van der Waals surface area contributed by atoms with Crippen LogP contribution in [0.15, 0.2) is 58.3 Å². The molecule has 8 heteroatoms. The van der Waals surface area contributed by atoms with Gasteiger partial charge in [-0.25, -0.2) is 8.42 Å². The summed E-state index contributed by atoms with van der Waals surface area (Å²) >= 11 is 1.80. The van der Waals surface area contributed by atoms with Gasteiger partial charge >= 0.3 is 0 Å². The third-order valence-electron chi connectivity index (χ3n) is 4.72. The fourth-order valence-corrected chi connectivity index (χ4v) is 5.45. The van der Waals surface area contributed by atoms with Gasteiger partial charge in [0, 0.05) is 22.8 Å². The number of amides is 1. The molecule has 1 N–H and O–H groups in total. The van der Waals surface area contributed by atoms with Crippen molar-refractivity contribution in [2.24, 2.45) is 0 Å². The molecule has 2 aromatic carbocycles. The Morgan fingerprint density at radius 2 is 1.86 bits per heavy atom. The number of rotatable bonds is 7. The van der Waals surface area contributed by atoms with Crippen molar-refractivity contribution in [2.75, 3.05) is 19.5 Å². The Kier molecular flexibility index (Phi) is 6.77. The number of sulfonamides is 1. The number of para-hydroxylation sites is 1. The highest BCUT2D eigenvalue weighted by molar-refractivity contribution is 8.00. The molecule has 1 aliphatic rings. The van der Waals surface area contributed by atoms with Gasteiger partial charge in [-0.05, 0) is 43.2 Å². The summed E-state index contributed by atoms with van der Waals surface area (Å²) in [7, 11) is -1.24. The molecule has 150 valence electrons. The van der Waals surface area contributed by atoms with Crippen molar-refractivity contribution in [3.8, 4) is 0 Å². The quantitative estimate of drug-likeness (QED) is 0.681. The maximum absolute atomic E-state index is 12.8. The Labute approximate surface area is 170 Å². The minimum atomic E-state index is -3.81. The average Bonchev–Trinajstić information content (AvgIpc) is 3.22. The van der Waals surface area contributed by atoms with Crippen LogP contribution in [-0.2, 0) is 14.9 Å². The molecular weight excluding hydrogens is 396 g/mol. The predicted octanol–water partition coefficient (Wildman–Crippen LogP) is 4.16. The molecule has 6 nitrogen and oxygen atoms in total. The van der Waals surface area contributed by atoms with Gasteiger partial charge in [0.05, 0.1) is 17.7 Å². The van der Waals surface area contributed by atoms with E-state index in [9.17, 15) is 13.2 Å². The molecule has 0 atom stereocenters. The number of carbonyl (C=O) groups is 1. The first-order valence-electron chi connectivity index (χ1n) is 9.12. The van der Waals surface area contributed by atoms with E-state index in [1.165, 1.54) is 52.0 Å². The summed E-state index contributed by atoms with van der Waals surface area (Å²) in [5.41, 5.74) is 1.01. The van der Waals surface area contributed by atoms with Crippen LogP contribution in [0.2, 0.25) is 0 Å². The number of carbonyl (C=O) groups excluding carboxylic acids is 1. The van der Waals surface area contributed by atoms with Crippen LogP contribution in [0.25, 0.3) is 0 Å². The summed E-state index contributed by atoms with van der Waals surface area (Å²) in [6, 6.07) is 13.6. The lowest BCUT2D eigenvalue weighted by atomic mass is 10.2. The number of nitrogens with one attached hydrogen (secondary N) is 1. The second kappa shape index (κ2) is 9.09. The molecule has 0 heterocycles. The van der Waals surface area contributed by atoms with E-state index in [0.717, 1.165) is 15.1 Å². The van der Waals surface area contributed by atoms with Crippen molar-refractivity contribution < 1.29 is 18.0 Å². The Morgan fingerprint density at radius 1 is 1.14 bits per heavy atom. The fourth-order valence-electron chi connectivity index (χ4n) is 3.10. The minimum Gasteiger partial charge on any atom is -0.321 e. The number of anilines is 1. The summed E-state index contributed by atoms with van der Waals surface area (Å²) in [5.74, 6) is -0.350. The summed E-state index contributed by atoms with van der Waals surface area (Å²) in [6.07, 6.45) is 4.90. The molecule has 28 heavy (non-hydrogen) atoms. The molecule has 0 unspecified atom stereocenters. The van der Waals surface area contributed by atoms with E-state index < -0.39 is 10.0 Å². The lowest BCUT2D eigenvalue weighted by molar-refractivity contribution is -0.0258. The van der Waals surface area contributed by atoms with Crippen LogP contribution in [0, 0.1) is 0 Å². The fraction of sp³-hybridized carbons (Fsp3) is 0.350. The number of hydrogen-bond donors (Lipinski definition) is 1. The zero-order chi connectivity index (χ0) is 20.1. The minimum absolute atomic E-state index is 0.00174. The van der Waals surface area contributed by atoms with E-state index in [2.05, 4.69) is 5.32 Å². The van der Waals surface area contributed by atoms with Gasteiger partial charge in [-0.1, -0.05) is 35.5 Å². The number of benzene rings is 2. The van der Waals surface area contributed by atoms with Crippen LogP contribution in [0.3, 0.4) is 0 Å². The van der Waals surface area contributed by atoms with Gasteiger partial charge in [0.25, 0.3) is 15.9 Å². The molecule has 0 saturated heterocycles. The van der Waals surface area contributed by atoms with Crippen molar-refractivity contribution in [1.82, 2.24) is 4.47 Å². The lowest BCUT2D eigenvalue weighted by Gasteiger charge is -2.16. The summed E-state index contributed by atoms with van der Waals surface area (Å²) in [5, 5.41) is 3.50. The number of hydroxylamine groups is 1. The molecule has 2 aromatic rings. The van der Waals surface area contributed by atoms with E-state index in [4.69, 9.17) is 4.84 Å². The molecular formula is C20H24N2O4S2. The van der Waals surface area contributed by atoms with Gasteiger partial charge < -0.3 is 5.32 Å². The van der Waals surface area contributed by atoms with Crippen LogP contribution >= 0.6 is 11.8 Å². The van der Waals surface area contributed by atoms with Crippen molar-refractivity contribution in [1.29, 1.82) is 0 Å². The van der Waals surface area contributed by atoms with Crippen molar-refractivity contribution in [2.45, 2.75) is 40.7 Å². The third kappa shape index (κ3) is 4.75. The van der Waals surface area contributed by atoms with E-state index in [0.29, 0.717) is 5.25 Å². The van der Waals surface area contributed by atoms with E-state index in [1.807, 2.05) is 24.3 Å². The monoisotopic (exact) mass is 420 g/mol. The van der Waals surface area contributed by atoms with Gasteiger partial charge in [0.2, 0.25) is 0 Å². The smallest absolute Gasteiger partial charge is 0.264 e. The predicted molar refractivity (Wildman–Crippen MR) is 111 cm³/mol. The first-order chi connectivity index (χ1) is 13.4.